The molecule has 23 heavy (non-hydrogen) atoms. The van der Waals surface area contributed by atoms with Gasteiger partial charge in [-0.3, -0.25) is 4.79 Å². The summed E-state index contributed by atoms with van der Waals surface area (Å²) in [6, 6.07) is 13.8. The van der Waals surface area contributed by atoms with Crippen LogP contribution >= 0.6 is 11.8 Å². The molecule has 5 nitrogen and oxygen atoms in total. The molecular formula is C17H18N4OS. The van der Waals surface area contributed by atoms with Crippen LogP contribution in [0.4, 0.5) is 0 Å². The Kier molecular flexibility index (Phi) is 4.92. The first-order valence-electron chi connectivity index (χ1n) is 7.51. The summed E-state index contributed by atoms with van der Waals surface area (Å²) in [6.45, 7) is 3.32. The summed E-state index contributed by atoms with van der Waals surface area (Å²) in [5.41, 5.74) is 2.71. The Balaban J connectivity index is 1.60. The lowest BCUT2D eigenvalue weighted by atomic mass is 10.2. The van der Waals surface area contributed by atoms with Gasteiger partial charge >= 0.3 is 0 Å². The van der Waals surface area contributed by atoms with Gasteiger partial charge in [0.1, 0.15) is 0 Å². The first-order chi connectivity index (χ1) is 11.3. The van der Waals surface area contributed by atoms with E-state index in [1.165, 1.54) is 11.8 Å². The Morgan fingerprint density at radius 3 is 2.78 bits per heavy atom. The van der Waals surface area contributed by atoms with E-state index in [0.29, 0.717) is 24.5 Å². The minimum atomic E-state index is 0.106. The summed E-state index contributed by atoms with van der Waals surface area (Å²) in [6.07, 6.45) is 1.71. The molecule has 0 saturated carbocycles. The third-order valence-corrected chi connectivity index (χ3v) is 4.38. The second-order valence-electron chi connectivity index (χ2n) is 5.10. The zero-order valence-electron chi connectivity index (χ0n) is 12.9. The predicted molar refractivity (Wildman–Crippen MR) is 92.1 cm³/mol. The van der Waals surface area contributed by atoms with Gasteiger partial charge < -0.3 is 9.88 Å². The number of amides is 1. The lowest BCUT2D eigenvalue weighted by Crippen LogP contribution is -2.31. The van der Waals surface area contributed by atoms with E-state index in [2.05, 4.69) is 15.0 Å². The Labute approximate surface area is 139 Å². The molecule has 0 unspecified atom stereocenters. The third-order valence-electron chi connectivity index (χ3n) is 3.52. The fourth-order valence-corrected chi connectivity index (χ4v) is 3.07. The number of hydrogen-bond donors (Lipinski definition) is 1. The van der Waals surface area contributed by atoms with E-state index in [-0.39, 0.29) is 5.91 Å². The van der Waals surface area contributed by atoms with Gasteiger partial charge in [-0.15, -0.1) is 0 Å². The summed E-state index contributed by atoms with van der Waals surface area (Å²) in [5.74, 6) is 0.468. The van der Waals surface area contributed by atoms with Crippen molar-refractivity contribution in [3.8, 4) is 0 Å². The largest absolute Gasteiger partial charge is 0.338 e. The average molecular weight is 326 g/mol. The number of nitrogens with zero attached hydrogens (tertiary/aromatic N) is 3. The van der Waals surface area contributed by atoms with Crippen molar-refractivity contribution in [2.75, 3.05) is 12.3 Å². The van der Waals surface area contributed by atoms with Crippen LogP contribution in [-0.4, -0.2) is 38.1 Å². The number of fused-ring (bicyclic) bond motifs is 1. The number of pyridine rings is 1. The maximum Gasteiger partial charge on any atom is 0.233 e. The molecule has 0 aliphatic heterocycles. The number of rotatable bonds is 6. The van der Waals surface area contributed by atoms with Gasteiger partial charge in [-0.05, 0) is 24.6 Å². The van der Waals surface area contributed by atoms with Crippen molar-refractivity contribution in [2.45, 2.75) is 18.6 Å². The lowest BCUT2D eigenvalue weighted by Gasteiger charge is -2.20. The Bertz CT molecular complexity index is 754. The highest BCUT2D eigenvalue weighted by molar-refractivity contribution is 7.99. The van der Waals surface area contributed by atoms with E-state index in [9.17, 15) is 4.79 Å². The summed E-state index contributed by atoms with van der Waals surface area (Å²) in [5, 5.41) is 0.725. The van der Waals surface area contributed by atoms with Crippen LogP contribution in [0, 0.1) is 0 Å². The monoisotopic (exact) mass is 326 g/mol. The molecule has 0 fully saturated rings. The third kappa shape index (κ3) is 3.90. The molecule has 3 rings (SSSR count). The number of H-pyrrole nitrogens is 1. The normalized spacial score (nSPS) is 10.8. The fourth-order valence-electron chi connectivity index (χ4n) is 2.29. The molecule has 0 aliphatic carbocycles. The summed E-state index contributed by atoms with van der Waals surface area (Å²) >= 11 is 1.41. The molecule has 0 spiro atoms. The second-order valence-corrected chi connectivity index (χ2v) is 6.06. The quantitative estimate of drug-likeness (QED) is 0.707. The molecule has 1 amide bonds. The molecule has 3 aromatic rings. The van der Waals surface area contributed by atoms with E-state index < -0.39 is 0 Å². The van der Waals surface area contributed by atoms with Crippen molar-refractivity contribution in [1.29, 1.82) is 0 Å². The highest BCUT2D eigenvalue weighted by Gasteiger charge is 2.14. The van der Waals surface area contributed by atoms with Crippen LogP contribution in [-0.2, 0) is 11.3 Å². The maximum absolute atomic E-state index is 12.4. The first kappa shape index (κ1) is 15.6. The molecular weight excluding hydrogens is 308 g/mol. The minimum absolute atomic E-state index is 0.106. The Morgan fingerprint density at radius 2 is 2.04 bits per heavy atom. The summed E-state index contributed by atoms with van der Waals surface area (Å²) < 4.78 is 0. The fraction of sp³-hybridized carbons (Fsp3) is 0.235. The molecule has 0 aliphatic rings. The van der Waals surface area contributed by atoms with Crippen LogP contribution in [0.25, 0.3) is 11.2 Å². The van der Waals surface area contributed by atoms with Gasteiger partial charge in [-0.25, -0.2) is 9.97 Å². The van der Waals surface area contributed by atoms with Crippen molar-refractivity contribution in [3.63, 3.8) is 0 Å². The number of nitrogens with one attached hydrogen (secondary N) is 1. The number of imidazole rings is 1. The first-order valence-corrected chi connectivity index (χ1v) is 8.50. The van der Waals surface area contributed by atoms with Crippen LogP contribution in [0.15, 0.2) is 53.8 Å². The lowest BCUT2D eigenvalue weighted by molar-refractivity contribution is -0.128. The topological polar surface area (TPSA) is 61.9 Å². The molecule has 2 heterocycles. The molecule has 1 N–H and O–H groups in total. The number of aromatic nitrogens is 3. The van der Waals surface area contributed by atoms with Gasteiger partial charge in [-0.1, -0.05) is 42.1 Å². The zero-order chi connectivity index (χ0) is 16.1. The van der Waals surface area contributed by atoms with Crippen molar-refractivity contribution >= 4 is 28.8 Å². The molecule has 0 bridgehead atoms. The molecule has 0 radical (unpaired) electrons. The number of hydrogen-bond acceptors (Lipinski definition) is 4. The number of carbonyl (C=O) groups is 1. The molecule has 0 atom stereocenters. The van der Waals surface area contributed by atoms with Crippen molar-refractivity contribution < 1.29 is 4.79 Å². The van der Waals surface area contributed by atoms with Crippen LogP contribution in [0.3, 0.4) is 0 Å². The van der Waals surface area contributed by atoms with Gasteiger partial charge in [0.15, 0.2) is 10.8 Å². The molecule has 0 saturated heterocycles. The maximum atomic E-state index is 12.4. The molecule has 2 aromatic heterocycles. The predicted octanol–water partition coefficient (Wildman–Crippen LogP) is 3.10. The SMILES string of the molecule is CCN(Cc1ccccc1)C(=O)CSc1nc2ncccc2[nH]1. The molecule has 6 heteroatoms. The molecule has 118 valence electrons. The van der Waals surface area contributed by atoms with Gasteiger partial charge in [0.2, 0.25) is 5.91 Å². The highest BCUT2D eigenvalue weighted by atomic mass is 32.2. The number of thioether (sulfide) groups is 1. The van der Waals surface area contributed by atoms with Crippen molar-refractivity contribution in [3.05, 3.63) is 54.2 Å². The van der Waals surface area contributed by atoms with Crippen LogP contribution in [0.1, 0.15) is 12.5 Å². The smallest absolute Gasteiger partial charge is 0.233 e. The van der Waals surface area contributed by atoms with E-state index in [1.54, 1.807) is 6.20 Å². The van der Waals surface area contributed by atoms with Crippen LogP contribution in [0.2, 0.25) is 0 Å². The van der Waals surface area contributed by atoms with E-state index in [4.69, 9.17) is 0 Å². The number of carbonyl (C=O) groups excluding carboxylic acids is 1. The standard InChI is InChI=1S/C17H18N4OS/c1-2-21(11-13-7-4-3-5-8-13)15(22)12-23-17-19-14-9-6-10-18-16(14)20-17/h3-10H,2,11-12H2,1H3,(H,18,19,20). The average Bonchev–Trinajstić information content (AvgIpc) is 3.01. The van der Waals surface area contributed by atoms with E-state index in [0.717, 1.165) is 16.2 Å². The summed E-state index contributed by atoms with van der Waals surface area (Å²) in [7, 11) is 0. The van der Waals surface area contributed by atoms with Crippen molar-refractivity contribution in [1.82, 2.24) is 19.9 Å². The highest BCUT2D eigenvalue weighted by Crippen LogP contribution is 2.18. The van der Waals surface area contributed by atoms with Crippen LogP contribution < -0.4 is 0 Å². The van der Waals surface area contributed by atoms with Gasteiger partial charge in [0, 0.05) is 19.3 Å². The molecule has 1 aromatic carbocycles. The van der Waals surface area contributed by atoms with E-state index >= 15 is 0 Å². The Morgan fingerprint density at radius 1 is 1.22 bits per heavy atom. The van der Waals surface area contributed by atoms with E-state index in [1.807, 2.05) is 54.3 Å². The van der Waals surface area contributed by atoms with Crippen molar-refractivity contribution in [2.24, 2.45) is 0 Å². The second kappa shape index (κ2) is 7.28. The Hall–Kier alpha value is -2.34. The van der Waals surface area contributed by atoms with Gasteiger partial charge in [-0.2, -0.15) is 0 Å². The van der Waals surface area contributed by atoms with Crippen LogP contribution in [0.5, 0.6) is 0 Å². The zero-order valence-corrected chi connectivity index (χ0v) is 13.7. The van der Waals surface area contributed by atoms with Gasteiger partial charge in [0.05, 0.1) is 11.3 Å². The van der Waals surface area contributed by atoms with Gasteiger partial charge in [0.25, 0.3) is 0 Å². The summed E-state index contributed by atoms with van der Waals surface area (Å²) in [4.78, 5) is 26.0. The minimum Gasteiger partial charge on any atom is -0.338 e. The number of aromatic amines is 1. The number of benzene rings is 1.